The van der Waals surface area contributed by atoms with Crippen LogP contribution in [0.5, 0.6) is 11.5 Å². The van der Waals surface area contributed by atoms with Crippen molar-refractivity contribution in [2.45, 2.75) is 24.4 Å². The molecule has 196 valence electrons. The van der Waals surface area contributed by atoms with Crippen molar-refractivity contribution in [3.8, 4) is 22.6 Å². The Kier molecular flexibility index (Phi) is 7.40. The number of ether oxygens (including phenoxy) is 2. The molecule has 0 aromatic heterocycles. The number of hydrogen-bond acceptors (Lipinski definition) is 5. The summed E-state index contributed by atoms with van der Waals surface area (Å²) in [6.45, 7) is 2.73. The van der Waals surface area contributed by atoms with E-state index in [-0.39, 0.29) is 4.90 Å². The first-order chi connectivity index (χ1) is 18.4. The molecule has 0 unspecified atom stereocenters. The molecule has 1 aliphatic heterocycles. The smallest absolute Gasteiger partial charge is 0.264 e. The maximum absolute atomic E-state index is 12.9. The van der Waals surface area contributed by atoms with E-state index in [1.165, 1.54) is 21.0 Å². The lowest BCUT2D eigenvalue weighted by molar-refractivity contribution is 0.244. The summed E-state index contributed by atoms with van der Waals surface area (Å²) in [4.78, 5) is 2.72. The molecule has 0 fully saturated rings. The lowest BCUT2D eigenvalue weighted by atomic mass is 9.98. The molecule has 4 aromatic rings. The Labute approximate surface area is 225 Å². The van der Waals surface area contributed by atoms with Crippen molar-refractivity contribution in [1.82, 2.24) is 4.90 Å². The molecule has 1 heterocycles. The minimum absolute atomic E-state index is 0.276. The van der Waals surface area contributed by atoms with E-state index in [9.17, 15) is 8.42 Å². The Morgan fingerprint density at radius 2 is 1.37 bits per heavy atom. The van der Waals surface area contributed by atoms with Crippen LogP contribution in [0.25, 0.3) is 11.1 Å². The second-order valence-electron chi connectivity index (χ2n) is 9.47. The molecule has 0 aliphatic carbocycles. The summed E-state index contributed by atoms with van der Waals surface area (Å²) < 4.78 is 38.1. The first-order valence-electron chi connectivity index (χ1n) is 12.6. The fraction of sp³-hybridized carbons (Fsp3) is 0.226. The molecule has 0 atom stereocenters. The number of sulfonamides is 1. The fourth-order valence-electron chi connectivity index (χ4n) is 4.89. The van der Waals surface area contributed by atoms with Gasteiger partial charge in [-0.2, -0.15) is 0 Å². The average Bonchev–Trinajstić information content (AvgIpc) is 2.97. The molecule has 0 N–H and O–H groups in total. The maximum atomic E-state index is 12.9. The van der Waals surface area contributed by atoms with Crippen LogP contribution in [0.4, 0.5) is 5.69 Å². The van der Waals surface area contributed by atoms with Gasteiger partial charge in [-0.25, -0.2) is 8.42 Å². The van der Waals surface area contributed by atoms with Gasteiger partial charge in [-0.1, -0.05) is 54.6 Å². The van der Waals surface area contributed by atoms with Crippen LogP contribution < -0.4 is 13.8 Å². The van der Waals surface area contributed by atoms with E-state index in [0.29, 0.717) is 5.69 Å². The van der Waals surface area contributed by atoms with Crippen LogP contribution >= 0.6 is 0 Å². The minimum Gasteiger partial charge on any atom is -0.493 e. The largest absolute Gasteiger partial charge is 0.493 e. The van der Waals surface area contributed by atoms with Gasteiger partial charge in [-0.3, -0.25) is 9.21 Å². The van der Waals surface area contributed by atoms with Crippen LogP contribution in [0.2, 0.25) is 0 Å². The summed E-state index contributed by atoms with van der Waals surface area (Å²) in [5, 5.41) is 0. The Bertz CT molecular complexity index is 1500. The number of anilines is 1. The number of rotatable bonds is 8. The third-order valence-electron chi connectivity index (χ3n) is 7.12. The van der Waals surface area contributed by atoms with E-state index in [1.807, 2.05) is 24.3 Å². The van der Waals surface area contributed by atoms with Crippen molar-refractivity contribution in [2.24, 2.45) is 0 Å². The molecular formula is C31H32N2O4S. The summed E-state index contributed by atoms with van der Waals surface area (Å²) in [5.41, 5.74) is 6.61. The van der Waals surface area contributed by atoms with Crippen LogP contribution in [0.1, 0.15) is 16.7 Å². The van der Waals surface area contributed by atoms with Crippen molar-refractivity contribution in [1.29, 1.82) is 0 Å². The lowest BCUT2D eigenvalue weighted by Crippen LogP contribution is -2.30. The van der Waals surface area contributed by atoms with Crippen molar-refractivity contribution >= 4 is 15.7 Å². The first kappa shape index (κ1) is 25.8. The average molecular weight is 529 g/mol. The number of nitrogens with zero attached hydrogens (tertiary/aromatic N) is 2. The summed E-state index contributed by atoms with van der Waals surface area (Å²) in [6, 6.07) is 28.9. The van der Waals surface area contributed by atoms with Gasteiger partial charge in [0.2, 0.25) is 0 Å². The summed E-state index contributed by atoms with van der Waals surface area (Å²) in [5.74, 6) is 1.56. The van der Waals surface area contributed by atoms with Gasteiger partial charge in [0.15, 0.2) is 11.5 Å². The van der Waals surface area contributed by atoms with Crippen LogP contribution in [-0.4, -0.2) is 41.1 Å². The number of methoxy groups -OCH3 is 2. The van der Waals surface area contributed by atoms with Gasteiger partial charge in [-0.15, -0.1) is 0 Å². The molecule has 6 nitrogen and oxygen atoms in total. The van der Waals surface area contributed by atoms with Gasteiger partial charge in [-0.05, 0) is 70.6 Å². The molecule has 0 spiro atoms. The van der Waals surface area contributed by atoms with E-state index >= 15 is 0 Å². The fourth-order valence-corrected chi connectivity index (χ4v) is 6.11. The van der Waals surface area contributed by atoms with Crippen molar-refractivity contribution in [3.05, 3.63) is 108 Å². The minimum atomic E-state index is -3.60. The third kappa shape index (κ3) is 5.26. The predicted molar refractivity (Wildman–Crippen MR) is 151 cm³/mol. The topological polar surface area (TPSA) is 59.1 Å². The molecule has 7 heteroatoms. The van der Waals surface area contributed by atoms with E-state index in [0.717, 1.165) is 48.7 Å². The Morgan fingerprint density at radius 1 is 0.789 bits per heavy atom. The first-order valence-corrected chi connectivity index (χ1v) is 14.0. The zero-order valence-corrected chi connectivity index (χ0v) is 22.7. The van der Waals surface area contributed by atoms with E-state index in [2.05, 4.69) is 41.3 Å². The second-order valence-corrected chi connectivity index (χ2v) is 11.4. The highest BCUT2D eigenvalue weighted by Crippen LogP contribution is 2.34. The molecule has 5 rings (SSSR count). The molecule has 0 saturated heterocycles. The molecule has 0 amide bonds. The number of benzene rings is 4. The molecule has 0 bridgehead atoms. The molecular weight excluding hydrogens is 496 g/mol. The van der Waals surface area contributed by atoms with Gasteiger partial charge < -0.3 is 9.47 Å². The Morgan fingerprint density at radius 3 is 1.97 bits per heavy atom. The Balaban J connectivity index is 1.25. The van der Waals surface area contributed by atoms with Crippen LogP contribution in [0.15, 0.2) is 95.9 Å². The normalized spacial score (nSPS) is 13.6. The molecule has 4 aromatic carbocycles. The maximum Gasteiger partial charge on any atom is 0.264 e. The Hall–Kier alpha value is -3.81. The SMILES string of the molecule is COc1cc2c(cc1OC)CN(Cc1ccc(-c3ccc(N(C)S(=O)(=O)c4ccccc4)cc3)cc1)CC2. The highest BCUT2D eigenvalue weighted by molar-refractivity contribution is 7.92. The summed E-state index contributed by atoms with van der Waals surface area (Å²) in [6.07, 6.45) is 0.981. The molecule has 1 aliphatic rings. The van der Waals surface area contributed by atoms with Gasteiger partial charge in [0.1, 0.15) is 0 Å². The van der Waals surface area contributed by atoms with Crippen LogP contribution in [0.3, 0.4) is 0 Å². The number of fused-ring (bicyclic) bond motifs is 1. The van der Waals surface area contributed by atoms with Gasteiger partial charge in [0.05, 0.1) is 24.8 Å². The van der Waals surface area contributed by atoms with E-state index < -0.39 is 10.0 Å². The zero-order chi connectivity index (χ0) is 26.7. The number of hydrogen-bond donors (Lipinski definition) is 0. The van der Waals surface area contributed by atoms with Crippen molar-refractivity contribution in [2.75, 3.05) is 32.1 Å². The standard InChI is InChI=1S/C31H32N2O4S/c1-32(38(34,35)29-7-5-4-6-8-29)28-15-13-25(14-16-28)24-11-9-23(10-12-24)21-33-18-17-26-19-30(36-2)31(37-3)20-27(26)22-33/h4-16,19-20H,17-18,21-22H2,1-3H3. The second kappa shape index (κ2) is 10.9. The predicted octanol–water partition coefficient (Wildman–Crippen LogP) is 5.75. The molecule has 0 saturated carbocycles. The highest BCUT2D eigenvalue weighted by Gasteiger charge is 2.21. The zero-order valence-electron chi connectivity index (χ0n) is 21.9. The van der Waals surface area contributed by atoms with E-state index in [1.54, 1.807) is 51.6 Å². The van der Waals surface area contributed by atoms with Gasteiger partial charge >= 0.3 is 0 Å². The van der Waals surface area contributed by atoms with Crippen LogP contribution in [-0.2, 0) is 29.5 Å². The summed E-state index contributed by atoms with van der Waals surface area (Å²) >= 11 is 0. The summed E-state index contributed by atoms with van der Waals surface area (Å²) in [7, 11) is 1.33. The quantitative estimate of drug-likeness (QED) is 0.291. The van der Waals surface area contributed by atoms with Crippen LogP contribution in [0, 0.1) is 0 Å². The lowest BCUT2D eigenvalue weighted by Gasteiger charge is -2.29. The third-order valence-corrected chi connectivity index (χ3v) is 8.92. The van der Waals surface area contributed by atoms with Crippen molar-refractivity contribution in [3.63, 3.8) is 0 Å². The van der Waals surface area contributed by atoms with Crippen molar-refractivity contribution < 1.29 is 17.9 Å². The highest BCUT2D eigenvalue weighted by atomic mass is 32.2. The monoisotopic (exact) mass is 528 g/mol. The van der Waals surface area contributed by atoms with E-state index in [4.69, 9.17) is 9.47 Å². The molecule has 38 heavy (non-hydrogen) atoms. The van der Waals surface area contributed by atoms with Gasteiger partial charge in [0.25, 0.3) is 10.0 Å². The molecule has 0 radical (unpaired) electrons. The van der Waals surface area contributed by atoms with Gasteiger partial charge in [0, 0.05) is 26.7 Å².